The highest BCUT2D eigenvalue weighted by Gasteiger charge is 2.69. The molecule has 0 heterocycles. The summed E-state index contributed by atoms with van der Waals surface area (Å²) in [6, 6.07) is 16.0. The maximum absolute atomic E-state index is 14.5. The number of amides is 2. The quantitative estimate of drug-likeness (QED) is 0.280. The number of sulfonamides is 2. The lowest BCUT2D eigenvalue weighted by molar-refractivity contribution is -0.203. The van der Waals surface area contributed by atoms with Gasteiger partial charge in [0.15, 0.2) is 0 Å². The molecule has 2 N–H and O–H groups in total. The fourth-order valence-corrected chi connectivity index (χ4v) is 14.6. The molecule has 5 aliphatic carbocycles. The molecule has 2 aromatic rings. The van der Waals surface area contributed by atoms with Crippen LogP contribution in [0.4, 0.5) is 4.79 Å². The van der Waals surface area contributed by atoms with Gasteiger partial charge in [-0.15, -0.1) is 0 Å². The Kier molecular flexibility index (Phi) is 9.36. The molecule has 9 nitrogen and oxygen atoms in total. The van der Waals surface area contributed by atoms with Crippen molar-refractivity contribution in [3.63, 3.8) is 0 Å². The van der Waals surface area contributed by atoms with Gasteiger partial charge in [-0.2, -0.15) is 0 Å². The molecule has 7 rings (SSSR count). The maximum atomic E-state index is 14.5. The first kappa shape index (κ1) is 39.1. The molecule has 0 aromatic heterocycles. The van der Waals surface area contributed by atoms with Crippen LogP contribution >= 0.6 is 0 Å². The van der Waals surface area contributed by atoms with Gasteiger partial charge in [0.2, 0.25) is 5.91 Å². The van der Waals surface area contributed by atoms with Crippen molar-refractivity contribution >= 4 is 32.0 Å². The van der Waals surface area contributed by atoms with Crippen LogP contribution < -0.4 is 9.44 Å². The normalized spacial score (nSPS) is 36.8. The van der Waals surface area contributed by atoms with E-state index in [0.717, 1.165) is 44.9 Å². The van der Waals surface area contributed by atoms with E-state index in [2.05, 4.69) is 64.0 Å². The molecule has 0 radical (unpaired) electrons. The van der Waals surface area contributed by atoms with Crippen molar-refractivity contribution in [1.82, 2.24) is 9.44 Å². The molecular weight excluding hydrogens is 721 g/mol. The van der Waals surface area contributed by atoms with Crippen molar-refractivity contribution in [1.29, 1.82) is 0 Å². The summed E-state index contributed by atoms with van der Waals surface area (Å²) in [6.07, 6.45) is 9.16. The molecule has 2 amide bonds. The van der Waals surface area contributed by atoms with Crippen molar-refractivity contribution < 1.29 is 31.2 Å². The molecule has 0 bridgehead atoms. The highest BCUT2D eigenvalue weighted by atomic mass is 32.2. The lowest BCUT2D eigenvalue weighted by atomic mass is 9.33. The number of nitrogens with one attached hydrogen (secondary N) is 2. The Morgan fingerprint density at radius 1 is 0.685 bits per heavy atom. The van der Waals surface area contributed by atoms with Crippen LogP contribution in [0.5, 0.6) is 0 Å². The van der Waals surface area contributed by atoms with Crippen LogP contribution in [0.1, 0.15) is 113 Å². The Morgan fingerprint density at radius 3 is 1.87 bits per heavy atom. The van der Waals surface area contributed by atoms with Gasteiger partial charge in [-0.25, -0.2) is 31.1 Å². The van der Waals surface area contributed by atoms with E-state index in [4.69, 9.17) is 4.74 Å². The summed E-state index contributed by atoms with van der Waals surface area (Å²) in [5, 5.41) is 0. The molecule has 2 aromatic carbocycles. The Balaban J connectivity index is 1.16. The predicted octanol–water partition coefficient (Wildman–Crippen LogP) is 8.78. The predicted molar refractivity (Wildman–Crippen MR) is 208 cm³/mol. The lowest BCUT2D eigenvalue weighted by Crippen LogP contribution is -2.65. The Labute approximate surface area is 322 Å². The van der Waals surface area contributed by atoms with E-state index in [1.165, 1.54) is 29.8 Å². The Morgan fingerprint density at radius 2 is 1.26 bits per heavy atom. The molecule has 0 unspecified atom stereocenters. The molecule has 294 valence electrons. The summed E-state index contributed by atoms with van der Waals surface area (Å²) >= 11 is 0. The van der Waals surface area contributed by atoms with Gasteiger partial charge in [-0.3, -0.25) is 4.79 Å². The van der Waals surface area contributed by atoms with Crippen molar-refractivity contribution in [3.05, 3.63) is 72.3 Å². The molecule has 4 fully saturated rings. The van der Waals surface area contributed by atoms with Gasteiger partial charge in [0.05, 0.1) is 15.2 Å². The molecule has 11 heteroatoms. The fourth-order valence-electron chi connectivity index (χ4n) is 12.6. The highest BCUT2D eigenvalue weighted by Crippen LogP contribution is 2.76. The topological polar surface area (TPSA) is 136 Å². The number of ether oxygens (including phenoxy) is 1. The maximum Gasteiger partial charge on any atom is 0.421 e. The van der Waals surface area contributed by atoms with E-state index in [1.807, 2.05) is 0 Å². The van der Waals surface area contributed by atoms with Crippen LogP contribution in [0.2, 0.25) is 0 Å². The second-order valence-corrected chi connectivity index (χ2v) is 22.7. The average molecular weight is 779 g/mol. The first-order valence-corrected chi connectivity index (χ1v) is 22.7. The van der Waals surface area contributed by atoms with Crippen LogP contribution in [0.3, 0.4) is 0 Å². The molecule has 0 spiro atoms. The third kappa shape index (κ3) is 6.05. The van der Waals surface area contributed by atoms with Crippen LogP contribution in [0.25, 0.3) is 0 Å². The summed E-state index contributed by atoms with van der Waals surface area (Å²) in [6.45, 7) is 16.2. The second kappa shape index (κ2) is 12.9. The summed E-state index contributed by atoms with van der Waals surface area (Å²) in [5.41, 5.74) is -0.121. The Bertz CT molecular complexity index is 2070. The number of hydrogen-bond acceptors (Lipinski definition) is 7. The summed E-state index contributed by atoms with van der Waals surface area (Å²) < 4.78 is 63.4. The third-order valence-electron chi connectivity index (χ3n) is 15.8. The lowest BCUT2D eigenvalue weighted by Gasteiger charge is -2.71. The molecule has 0 saturated heterocycles. The molecule has 8 atom stereocenters. The first-order valence-electron chi connectivity index (χ1n) is 19.7. The van der Waals surface area contributed by atoms with E-state index in [-0.39, 0.29) is 49.2 Å². The van der Waals surface area contributed by atoms with Crippen molar-refractivity contribution in [2.45, 2.75) is 129 Å². The van der Waals surface area contributed by atoms with E-state index in [9.17, 15) is 26.4 Å². The number of benzene rings is 2. The van der Waals surface area contributed by atoms with Crippen molar-refractivity contribution in [2.24, 2.45) is 50.2 Å². The average Bonchev–Trinajstić information content (AvgIpc) is 3.10. The van der Waals surface area contributed by atoms with E-state index in [0.29, 0.717) is 25.2 Å². The van der Waals surface area contributed by atoms with Gasteiger partial charge in [-0.05, 0) is 128 Å². The van der Waals surface area contributed by atoms with Crippen LogP contribution in [0.15, 0.2) is 82.1 Å². The number of fused-ring (bicyclic) bond motifs is 7. The van der Waals surface area contributed by atoms with Crippen LogP contribution in [-0.4, -0.2) is 34.9 Å². The molecule has 5 aliphatic rings. The number of allylic oxidation sites excluding steroid dienone is 2. The number of rotatable bonds is 6. The van der Waals surface area contributed by atoms with Crippen molar-refractivity contribution in [3.8, 4) is 0 Å². The summed E-state index contributed by atoms with van der Waals surface area (Å²) in [4.78, 5) is 27.7. The number of carbonyl (C=O) groups is 2. The van der Waals surface area contributed by atoms with Gasteiger partial charge in [0.25, 0.3) is 20.0 Å². The summed E-state index contributed by atoms with van der Waals surface area (Å²) in [5.74, 6) is 0.171. The highest BCUT2D eigenvalue weighted by molar-refractivity contribution is 7.90. The van der Waals surface area contributed by atoms with E-state index < -0.39 is 43.1 Å². The largest absolute Gasteiger partial charge is 0.445 e. The molecule has 4 saturated carbocycles. The zero-order valence-electron chi connectivity index (χ0n) is 32.9. The fraction of sp³-hybridized carbons (Fsp3) is 0.628. The minimum atomic E-state index is -4.06. The van der Waals surface area contributed by atoms with Gasteiger partial charge >= 0.3 is 6.09 Å². The smallest absolute Gasteiger partial charge is 0.421 e. The minimum absolute atomic E-state index is 0.0109. The van der Waals surface area contributed by atoms with E-state index >= 15 is 0 Å². The standard InChI is InChI=1S/C43H58N2O7S2/c1-38(2)24-26-43(36(46)44-53(48,49)29-14-10-8-11-15-29)27-25-41(6)31(32(43)28-38)18-19-34-40(5)22-21-35(39(3,4)33(40)20-23-42(34,41)7)52-37(47)45-54(50,51)30-16-12-9-13-17-30/h8-18,32-35H,19-28H2,1-7H3,(H,44,46)(H,45,47)/t32-,33+,34-,35+,40+,41-,42-,43+/m1/s1. The Hall–Kier alpha value is -3.18. The number of hydrogen-bond donors (Lipinski definition) is 2. The van der Waals surface area contributed by atoms with Crippen LogP contribution in [-0.2, 0) is 29.6 Å². The minimum Gasteiger partial charge on any atom is -0.445 e. The molecule has 0 aliphatic heterocycles. The zero-order valence-corrected chi connectivity index (χ0v) is 34.5. The SMILES string of the molecule is CC1(C)CC[C@]2(C(=O)NS(=O)(=O)c3ccccc3)CC[C@]3(C)C(=CC[C@@H]4[C@@]5(C)CC[C@H](OC(=O)NS(=O)(=O)c6ccccc6)C(C)(C)[C@@H]5CC[C@]43C)[C@H]2C1. The van der Waals surface area contributed by atoms with Gasteiger partial charge in [0, 0.05) is 5.41 Å². The molecular formula is C43H58N2O7S2. The summed E-state index contributed by atoms with van der Waals surface area (Å²) in [7, 11) is -8.08. The molecule has 54 heavy (non-hydrogen) atoms. The second-order valence-electron chi connectivity index (χ2n) is 19.3. The monoisotopic (exact) mass is 778 g/mol. The first-order chi connectivity index (χ1) is 25.1. The zero-order chi connectivity index (χ0) is 39.2. The van der Waals surface area contributed by atoms with Gasteiger partial charge in [0.1, 0.15) is 6.10 Å². The van der Waals surface area contributed by atoms with Crippen molar-refractivity contribution in [2.75, 3.05) is 0 Å². The van der Waals surface area contributed by atoms with Gasteiger partial charge in [-0.1, -0.05) is 96.5 Å². The van der Waals surface area contributed by atoms with E-state index in [1.54, 1.807) is 36.4 Å². The van der Waals surface area contributed by atoms with Crippen LogP contribution in [0, 0.1) is 50.2 Å². The third-order valence-corrected chi connectivity index (χ3v) is 18.5. The number of carbonyl (C=O) groups excluding carboxylic acids is 2. The van der Waals surface area contributed by atoms with Gasteiger partial charge < -0.3 is 4.74 Å².